The van der Waals surface area contributed by atoms with Gasteiger partial charge in [0.25, 0.3) is 0 Å². The van der Waals surface area contributed by atoms with Crippen LogP contribution in [-0.2, 0) is 0 Å². The van der Waals surface area contributed by atoms with Crippen molar-refractivity contribution in [2.45, 2.75) is 39.2 Å². The standard InChI is InChI=1S/C6H15N.H3N/c1-4-5-6(2,3)7;/h4-5,7H2,1-3H3;1H3. The number of nitrogens with two attached hydrogens (primary N) is 1. The lowest BCUT2D eigenvalue weighted by Crippen LogP contribution is -2.31. The van der Waals surface area contributed by atoms with Crippen molar-refractivity contribution in [3.05, 3.63) is 0 Å². The van der Waals surface area contributed by atoms with E-state index in [0.717, 1.165) is 6.42 Å². The quantitative estimate of drug-likeness (QED) is 0.579. The summed E-state index contributed by atoms with van der Waals surface area (Å²) >= 11 is 0. The lowest BCUT2D eigenvalue weighted by atomic mass is 10.0. The van der Waals surface area contributed by atoms with E-state index in [1.54, 1.807) is 0 Å². The molecule has 0 bridgehead atoms. The summed E-state index contributed by atoms with van der Waals surface area (Å²) in [5, 5.41) is 0. The molecule has 0 atom stereocenters. The molecular weight excluding hydrogens is 100 g/mol. The van der Waals surface area contributed by atoms with Crippen LogP contribution in [0.4, 0.5) is 0 Å². The fourth-order valence-electron chi connectivity index (χ4n) is 0.644. The van der Waals surface area contributed by atoms with Crippen LogP contribution < -0.4 is 11.9 Å². The Balaban J connectivity index is 0. The summed E-state index contributed by atoms with van der Waals surface area (Å²) in [6, 6.07) is 0. The van der Waals surface area contributed by atoms with Gasteiger partial charge in [-0.15, -0.1) is 0 Å². The van der Waals surface area contributed by atoms with E-state index >= 15 is 0 Å². The Labute approximate surface area is 52.0 Å². The molecule has 0 aliphatic carbocycles. The van der Waals surface area contributed by atoms with Crippen molar-refractivity contribution in [3.8, 4) is 0 Å². The van der Waals surface area contributed by atoms with Gasteiger partial charge < -0.3 is 11.9 Å². The molecule has 8 heavy (non-hydrogen) atoms. The fourth-order valence-corrected chi connectivity index (χ4v) is 0.644. The average molecular weight is 118 g/mol. The smallest absolute Gasteiger partial charge is 0.00969 e. The van der Waals surface area contributed by atoms with Gasteiger partial charge in [0.1, 0.15) is 0 Å². The van der Waals surface area contributed by atoms with Gasteiger partial charge in [-0.05, 0) is 20.3 Å². The summed E-state index contributed by atoms with van der Waals surface area (Å²) in [4.78, 5) is 0. The van der Waals surface area contributed by atoms with Gasteiger partial charge in [0.05, 0.1) is 0 Å². The maximum absolute atomic E-state index is 5.65. The van der Waals surface area contributed by atoms with Crippen molar-refractivity contribution < 1.29 is 0 Å². The zero-order valence-electron chi connectivity index (χ0n) is 6.20. The Morgan fingerprint density at radius 3 is 1.75 bits per heavy atom. The van der Waals surface area contributed by atoms with E-state index in [9.17, 15) is 0 Å². The minimum absolute atomic E-state index is 0. The molecule has 0 aliphatic rings. The Morgan fingerprint density at radius 1 is 1.38 bits per heavy atom. The second-order valence-corrected chi connectivity index (χ2v) is 2.74. The predicted octanol–water partition coefficient (Wildman–Crippen LogP) is 1.69. The highest BCUT2D eigenvalue weighted by atomic mass is 14.7. The molecule has 0 amide bonds. The second kappa shape index (κ2) is 3.87. The molecule has 0 aromatic carbocycles. The molecule has 0 aliphatic heterocycles. The maximum atomic E-state index is 5.65. The molecule has 0 heterocycles. The first-order chi connectivity index (χ1) is 3.06. The molecule has 0 spiro atoms. The third kappa shape index (κ3) is 9.33. The first-order valence-corrected chi connectivity index (χ1v) is 2.85. The Morgan fingerprint density at radius 2 is 1.75 bits per heavy atom. The van der Waals surface area contributed by atoms with E-state index in [4.69, 9.17) is 5.73 Å². The molecular formula is C6H18N2. The van der Waals surface area contributed by atoms with Crippen LogP contribution in [-0.4, -0.2) is 5.54 Å². The lowest BCUT2D eigenvalue weighted by Gasteiger charge is -2.15. The van der Waals surface area contributed by atoms with Crippen LogP contribution in [0.15, 0.2) is 0 Å². The van der Waals surface area contributed by atoms with Crippen molar-refractivity contribution in [2.75, 3.05) is 0 Å². The molecule has 0 unspecified atom stereocenters. The van der Waals surface area contributed by atoms with Gasteiger partial charge in [-0.3, -0.25) is 0 Å². The Bertz CT molecular complexity index is 45.0. The molecule has 5 N–H and O–H groups in total. The largest absolute Gasteiger partial charge is 0.344 e. The highest BCUT2D eigenvalue weighted by molar-refractivity contribution is 4.69. The molecule has 52 valence electrons. The van der Waals surface area contributed by atoms with Crippen LogP contribution in [0.3, 0.4) is 0 Å². The van der Waals surface area contributed by atoms with Gasteiger partial charge in [-0.2, -0.15) is 0 Å². The summed E-state index contributed by atoms with van der Waals surface area (Å²) in [5.74, 6) is 0. The molecule has 2 nitrogen and oxygen atoms in total. The van der Waals surface area contributed by atoms with Gasteiger partial charge in [0.15, 0.2) is 0 Å². The van der Waals surface area contributed by atoms with Gasteiger partial charge in [-0.25, -0.2) is 0 Å². The normalized spacial score (nSPS) is 10.5. The van der Waals surface area contributed by atoms with E-state index < -0.39 is 0 Å². The predicted molar refractivity (Wildman–Crippen MR) is 38.2 cm³/mol. The zero-order chi connectivity index (χ0) is 5.91. The molecule has 0 aromatic heterocycles. The van der Waals surface area contributed by atoms with Gasteiger partial charge >= 0.3 is 0 Å². The summed E-state index contributed by atoms with van der Waals surface area (Å²) in [6.07, 6.45) is 2.30. The fraction of sp³-hybridized carbons (Fsp3) is 1.00. The summed E-state index contributed by atoms with van der Waals surface area (Å²) in [5.41, 5.74) is 5.70. The minimum atomic E-state index is 0. The molecule has 2 heteroatoms. The van der Waals surface area contributed by atoms with Crippen LogP contribution in [0.25, 0.3) is 0 Å². The van der Waals surface area contributed by atoms with Crippen molar-refractivity contribution in [3.63, 3.8) is 0 Å². The van der Waals surface area contributed by atoms with Gasteiger partial charge in [-0.1, -0.05) is 13.3 Å². The maximum Gasteiger partial charge on any atom is 0.00969 e. The Kier molecular flexibility index (Phi) is 5.23. The highest BCUT2D eigenvalue weighted by Crippen LogP contribution is 2.04. The van der Waals surface area contributed by atoms with Crippen molar-refractivity contribution in [1.82, 2.24) is 6.15 Å². The van der Waals surface area contributed by atoms with Crippen molar-refractivity contribution in [1.29, 1.82) is 0 Å². The van der Waals surface area contributed by atoms with Crippen LogP contribution in [0.5, 0.6) is 0 Å². The van der Waals surface area contributed by atoms with E-state index in [2.05, 4.69) is 20.8 Å². The SMILES string of the molecule is CCCC(C)(C)N.N. The Hall–Kier alpha value is -0.0800. The van der Waals surface area contributed by atoms with E-state index in [-0.39, 0.29) is 11.7 Å². The first kappa shape index (κ1) is 10.8. The third-order valence-corrected chi connectivity index (χ3v) is 0.894. The minimum Gasteiger partial charge on any atom is -0.344 e. The van der Waals surface area contributed by atoms with E-state index in [0.29, 0.717) is 0 Å². The van der Waals surface area contributed by atoms with Crippen LogP contribution >= 0.6 is 0 Å². The lowest BCUT2D eigenvalue weighted by molar-refractivity contribution is 0.470. The van der Waals surface area contributed by atoms with Crippen LogP contribution in [0.2, 0.25) is 0 Å². The third-order valence-electron chi connectivity index (χ3n) is 0.894. The van der Waals surface area contributed by atoms with Crippen LogP contribution in [0.1, 0.15) is 33.6 Å². The summed E-state index contributed by atoms with van der Waals surface area (Å²) in [6.45, 7) is 6.25. The van der Waals surface area contributed by atoms with E-state index in [1.807, 2.05) is 0 Å². The summed E-state index contributed by atoms with van der Waals surface area (Å²) in [7, 11) is 0. The van der Waals surface area contributed by atoms with Crippen molar-refractivity contribution >= 4 is 0 Å². The number of hydrogen-bond acceptors (Lipinski definition) is 2. The molecule has 0 fully saturated rings. The monoisotopic (exact) mass is 118 g/mol. The summed E-state index contributed by atoms with van der Waals surface area (Å²) < 4.78 is 0. The zero-order valence-corrected chi connectivity index (χ0v) is 6.20. The molecule has 0 aromatic rings. The molecule has 0 saturated carbocycles. The van der Waals surface area contributed by atoms with Crippen LogP contribution in [0, 0.1) is 0 Å². The number of rotatable bonds is 2. The topological polar surface area (TPSA) is 61.0 Å². The van der Waals surface area contributed by atoms with Crippen molar-refractivity contribution in [2.24, 2.45) is 5.73 Å². The number of hydrogen-bond donors (Lipinski definition) is 2. The molecule has 0 rings (SSSR count). The first-order valence-electron chi connectivity index (χ1n) is 2.85. The highest BCUT2D eigenvalue weighted by Gasteiger charge is 2.06. The molecule has 0 saturated heterocycles. The molecule has 0 radical (unpaired) electrons. The van der Waals surface area contributed by atoms with Gasteiger partial charge in [0.2, 0.25) is 0 Å². The van der Waals surface area contributed by atoms with E-state index in [1.165, 1.54) is 6.42 Å². The van der Waals surface area contributed by atoms with Gasteiger partial charge in [0, 0.05) is 5.54 Å². The second-order valence-electron chi connectivity index (χ2n) is 2.74. The average Bonchev–Trinajstić information content (AvgIpc) is 1.30.